The molecule has 2 aliphatic rings. The van der Waals surface area contributed by atoms with Gasteiger partial charge in [0.1, 0.15) is 0 Å². The number of carbonyl (C=O) groups excluding carboxylic acids is 1. The molecule has 0 aromatic rings. The minimum Gasteiger partial charge on any atom is -0.481 e. The summed E-state index contributed by atoms with van der Waals surface area (Å²) in [5.74, 6) is -0.788. The van der Waals surface area contributed by atoms with Gasteiger partial charge in [0.15, 0.2) is 0 Å². The molecule has 1 heterocycles. The molecule has 0 aromatic carbocycles. The van der Waals surface area contributed by atoms with Crippen LogP contribution >= 0.6 is 0 Å². The van der Waals surface area contributed by atoms with Crippen molar-refractivity contribution in [2.45, 2.75) is 38.1 Å². The number of hydrogen-bond donors (Lipinski definition) is 3. The Labute approximate surface area is 113 Å². The molecular formula is C13H23N3O3. The zero-order chi connectivity index (χ0) is 13.9. The van der Waals surface area contributed by atoms with E-state index in [1.54, 1.807) is 11.9 Å². The predicted molar refractivity (Wildman–Crippen MR) is 71.0 cm³/mol. The molecule has 3 N–H and O–H groups in total. The fourth-order valence-corrected chi connectivity index (χ4v) is 2.80. The summed E-state index contributed by atoms with van der Waals surface area (Å²) in [5.41, 5.74) is -0.718. The van der Waals surface area contributed by atoms with Crippen molar-refractivity contribution in [2.24, 2.45) is 5.41 Å². The molecule has 1 aliphatic heterocycles. The van der Waals surface area contributed by atoms with E-state index in [-0.39, 0.29) is 18.6 Å². The number of carbonyl (C=O) groups is 2. The van der Waals surface area contributed by atoms with Crippen LogP contribution in [0.5, 0.6) is 0 Å². The molecule has 0 bridgehead atoms. The second-order valence-corrected chi connectivity index (χ2v) is 5.69. The molecular weight excluding hydrogens is 246 g/mol. The lowest BCUT2D eigenvalue weighted by Crippen LogP contribution is -2.52. The van der Waals surface area contributed by atoms with E-state index in [9.17, 15) is 14.7 Å². The summed E-state index contributed by atoms with van der Waals surface area (Å²) in [6.07, 6.45) is 4.17. The normalized spacial score (nSPS) is 22.4. The lowest BCUT2D eigenvalue weighted by Gasteiger charge is -2.38. The molecule has 1 aliphatic carbocycles. The van der Waals surface area contributed by atoms with Crippen molar-refractivity contribution in [1.82, 2.24) is 15.5 Å². The van der Waals surface area contributed by atoms with E-state index >= 15 is 0 Å². The third-order valence-electron chi connectivity index (χ3n) is 4.52. The van der Waals surface area contributed by atoms with E-state index in [0.717, 1.165) is 32.4 Å². The van der Waals surface area contributed by atoms with Gasteiger partial charge in [0.2, 0.25) is 0 Å². The molecule has 0 atom stereocenters. The van der Waals surface area contributed by atoms with E-state index in [1.807, 2.05) is 0 Å². The largest absolute Gasteiger partial charge is 0.481 e. The molecule has 2 amide bonds. The number of carboxylic acids is 1. The van der Waals surface area contributed by atoms with E-state index in [0.29, 0.717) is 12.8 Å². The van der Waals surface area contributed by atoms with Crippen molar-refractivity contribution in [3.05, 3.63) is 0 Å². The van der Waals surface area contributed by atoms with Gasteiger partial charge in [-0.1, -0.05) is 6.42 Å². The van der Waals surface area contributed by atoms with Gasteiger partial charge in [-0.25, -0.2) is 4.79 Å². The zero-order valence-electron chi connectivity index (χ0n) is 11.4. The molecule has 1 saturated heterocycles. The predicted octanol–water partition coefficient (Wildman–Crippen LogP) is 0.635. The molecule has 2 rings (SSSR count). The second kappa shape index (κ2) is 5.77. The Balaban J connectivity index is 1.81. The van der Waals surface area contributed by atoms with Crippen LogP contribution in [0.1, 0.15) is 32.1 Å². The minimum atomic E-state index is -0.788. The Hall–Kier alpha value is -1.30. The Morgan fingerprint density at radius 2 is 2.00 bits per heavy atom. The third kappa shape index (κ3) is 3.00. The van der Waals surface area contributed by atoms with E-state index in [1.165, 1.54) is 0 Å². The lowest BCUT2D eigenvalue weighted by atomic mass is 9.69. The quantitative estimate of drug-likeness (QED) is 0.699. The summed E-state index contributed by atoms with van der Waals surface area (Å²) in [5, 5.41) is 15.3. The number of urea groups is 1. The van der Waals surface area contributed by atoms with Crippen LogP contribution in [0.4, 0.5) is 4.79 Å². The van der Waals surface area contributed by atoms with Gasteiger partial charge in [0.05, 0.1) is 5.41 Å². The van der Waals surface area contributed by atoms with Gasteiger partial charge in [-0.15, -0.1) is 0 Å². The van der Waals surface area contributed by atoms with Crippen LogP contribution in [0.25, 0.3) is 0 Å². The van der Waals surface area contributed by atoms with Crippen molar-refractivity contribution in [2.75, 3.05) is 26.7 Å². The fraction of sp³-hybridized carbons (Fsp3) is 0.846. The summed E-state index contributed by atoms with van der Waals surface area (Å²) >= 11 is 0. The van der Waals surface area contributed by atoms with Gasteiger partial charge < -0.3 is 20.6 Å². The number of carboxylic acid groups (broad SMARTS) is 1. The molecule has 2 fully saturated rings. The van der Waals surface area contributed by atoms with Gasteiger partial charge in [0, 0.05) is 19.6 Å². The van der Waals surface area contributed by atoms with Crippen molar-refractivity contribution in [3.8, 4) is 0 Å². The number of nitrogens with zero attached hydrogens (tertiary/aromatic N) is 1. The Bertz CT molecular complexity index is 349. The van der Waals surface area contributed by atoms with Crippen molar-refractivity contribution in [3.63, 3.8) is 0 Å². The summed E-state index contributed by atoms with van der Waals surface area (Å²) in [6, 6.07) is 0.0999. The summed E-state index contributed by atoms with van der Waals surface area (Å²) in [7, 11) is 1.79. The first-order chi connectivity index (χ1) is 9.05. The molecule has 1 saturated carbocycles. The smallest absolute Gasteiger partial charge is 0.317 e. The highest BCUT2D eigenvalue weighted by molar-refractivity contribution is 5.79. The van der Waals surface area contributed by atoms with E-state index < -0.39 is 11.4 Å². The maximum absolute atomic E-state index is 12.1. The third-order valence-corrected chi connectivity index (χ3v) is 4.52. The topological polar surface area (TPSA) is 81.7 Å². The maximum Gasteiger partial charge on any atom is 0.317 e. The SMILES string of the molecule is CN(C(=O)NCC1(C(=O)O)CCC1)C1CCNCC1. The number of rotatable bonds is 4. The van der Waals surface area contributed by atoms with Crippen LogP contribution in [0.2, 0.25) is 0 Å². The number of piperidine rings is 1. The van der Waals surface area contributed by atoms with E-state index in [4.69, 9.17) is 0 Å². The first kappa shape index (κ1) is 14.1. The van der Waals surface area contributed by atoms with Crippen LogP contribution in [0.3, 0.4) is 0 Å². The summed E-state index contributed by atoms with van der Waals surface area (Å²) in [6.45, 7) is 2.11. The molecule has 19 heavy (non-hydrogen) atoms. The van der Waals surface area contributed by atoms with Crippen LogP contribution in [-0.2, 0) is 4.79 Å². The number of nitrogens with one attached hydrogen (secondary N) is 2. The van der Waals surface area contributed by atoms with Gasteiger partial charge in [-0.2, -0.15) is 0 Å². The average Bonchev–Trinajstić information content (AvgIpc) is 2.37. The van der Waals surface area contributed by atoms with Crippen LogP contribution in [0.15, 0.2) is 0 Å². The van der Waals surface area contributed by atoms with Crippen molar-refractivity contribution >= 4 is 12.0 Å². The monoisotopic (exact) mass is 269 g/mol. The van der Waals surface area contributed by atoms with Gasteiger partial charge in [-0.05, 0) is 38.8 Å². The Morgan fingerprint density at radius 3 is 2.47 bits per heavy atom. The fourth-order valence-electron chi connectivity index (χ4n) is 2.80. The van der Waals surface area contributed by atoms with Crippen molar-refractivity contribution < 1.29 is 14.7 Å². The van der Waals surface area contributed by atoms with Crippen LogP contribution < -0.4 is 10.6 Å². The van der Waals surface area contributed by atoms with Crippen LogP contribution in [0, 0.1) is 5.41 Å². The standard InChI is InChI=1S/C13H23N3O3/c1-16(10-3-7-14-8-4-10)12(19)15-9-13(11(17)18)5-2-6-13/h10,14H,2-9H2,1H3,(H,15,19)(H,17,18). The van der Waals surface area contributed by atoms with Crippen LogP contribution in [-0.4, -0.2) is 54.7 Å². The first-order valence-corrected chi connectivity index (χ1v) is 7.00. The molecule has 0 spiro atoms. The first-order valence-electron chi connectivity index (χ1n) is 7.00. The van der Waals surface area contributed by atoms with Gasteiger partial charge >= 0.3 is 12.0 Å². The highest BCUT2D eigenvalue weighted by Crippen LogP contribution is 2.40. The molecule has 6 heteroatoms. The highest BCUT2D eigenvalue weighted by atomic mass is 16.4. The zero-order valence-corrected chi connectivity index (χ0v) is 11.4. The Kier molecular flexibility index (Phi) is 4.29. The molecule has 0 radical (unpaired) electrons. The average molecular weight is 269 g/mol. The molecule has 6 nitrogen and oxygen atoms in total. The molecule has 0 unspecified atom stereocenters. The Morgan fingerprint density at radius 1 is 1.37 bits per heavy atom. The number of amides is 2. The minimum absolute atomic E-state index is 0.153. The molecule has 0 aromatic heterocycles. The highest BCUT2D eigenvalue weighted by Gasteiger charge is 2.44. The van der Waals surface area contributed by atoms with E-state index in [2.05, 4.69) is 10.6 Å². The van der Waals surface area contributed by atoms with Crippen molar-refractivity contribution in [1.29, 1.82) is 0 Å². The second-order valence-electron chi connectivity index (χ2n) is 5.69. The number of aliphatic carboxylic acids is 1. The summed E-state index contributed by atoms with van der Waals surface area (Å²) < 4.78 is 0. The van der Waals surface area contributed by atoms with Gasteiger partial charge in [0.25, 0.3) is 0 Å². The maximum atomic E-state index is 12.1. The lowest BCUT2D eigenvalue weighted by molar-refractivity contribution is -0.153. The molecule has 108 valence electrons. The van der Waals surface area contributed by atoms with Gasteiger partial charge in [-0.3, -0.25) is 4.79 Å². The number of hydrogen-bond acceptors (Lipinski definition) is 3. The summed E-state index contributed by atoms with van der Waals surface area (Å²) in [4.78, 5) is 25.0.